The lowest BCUT2D eigenvalue weighted by molar-refractivity contribution is -0.133. The van der Waals surface area contributed by atoms with Gasteiger partial charge in [0.25, 0.3) is 0 Å². The topological polar surface area (TPSA) is 55.8 Å². The fourth-order valence-corrected chi connectivity index (χ4v) is 3.55. The molecule has 0 unspecified atom stereocenters. The van der Waals surface area contributed by atoms with Crippen molar-refractivity contribution in [2.45, 2.75) is 58.8 Å². The maximum Gasteiger partial charge on any atom is 0.157 e. The number of aliphatic hydroxyl groups is 1. The van der Waals surface area contributed by atoms with Gasteiger partial charge in [0, 0.05) is 26.6 Å². The summed E-state index contributed by atoms with van der Waals surface area (Å²) in [6.45, 7) is 7.74. The van der Waals surface area contributed by atoms with Crippen molar-refractivity contribution in [1.82, 2.24) is 0 Å². The molecule has 21 heavy (non-hydrogen) atoms. The van der Waals surface area contributed by atoms with Gasteiger partial charge in [-0.2, -0.15) is 0 Å². The van der Waals surface area contributed by atoms with E-state index >= 15 is 0 Å². The zero-order valence-corrected chi connectivity index (χ0v) is 14.2. The van der Waals surface area contributed by atoms with Gasteiger partial charge in [-0.15, -0.1) is 0 Å². The molecule has 0 aliphatic heterocycles. The fraction of sp³-hybridized carbons (Fsp3) is 0.824. The van der Waals surface area contributed by atoms with E-state index in [4.69, 9.17) is 9.47 Å². The Morgan fingerprint density at radius 3 is 2.33 bits per heavy atom. The number of rotatable bonds is 7. The Kier molecular flexibility index (Phi) is 6.14. The second kappa shape index (κ2) is 7.03. The third kappa shape index (κ3) is 3.93. The molecule has 4 nitrogen and oxygen atoms in total. The second-order valence-corrected chi connectivity index (χ2v) is 6.85. The van der Waals surface area contributed by atoms with Crippen LogP contribution in [0.3, 0.4) is 0 Å². The van der Waals surface area contributed by atoms with Gasteiger partial charge in [0.2, 0.25) is 0 Å². The number of carbonyl (C=O) groups excluding carboxylic acids is 1. The third-order valence-electron chi connectivity index (χ3n) is 5.07. The van der Waals surface area contributed by atoms with Gasteiger partial charge < -0.3 is 14.6 Å². The Morgan fingerprint density at radius 2 is 1.90 bits per heavy atom. The zero-order chi connectivity index (χ0) is 16.3. The number of ether oxygens (including phenoxy) is 2. The van der Waals surface area contributed by atoms with E-state index in [1.54, 1.807) is 20.3 Å². The van der Waals surface area contributed by atoms with Gasteiger partial charge in [-0.3, -0.25) is 4.79 Å². The minimum atomic E-state index is -0.785. The molecule has 1 aliphatic carbocycles. The lowest BCUT2D eigenvalue weighted by atomic mass is 9.69. The van der Waals surface area contributed by atoms with E-state index in [2.05, 4.69) is 6.92 Å². The Labute approximate surface area is 128 Å². The van der Waals surface area contributed by atoms with Crippen LogP contribution in [0.1, 0.15) is 47.0 Å². The average molecular weight is 298 g/mol. The average Bonchev–Trinajstić information content (AvgIpc) is 2.67. The van der Waals surface area contributed by atoms with Crippen molar-refractivity contribution in [1.29, 1.82) is 0 Å². The van der Waals surface area contributed by atoms with Gasteiger partial charge in [-0.05, 0) is 37.2 Å². The van der Waals surface area contributed by atoms with Crippen LogP contribution < -0.4 is 0 Å². The maximum atomic E-state index is 11.3. The smallest absolute Gasteiger partial charge is 0.157 e. The van der Waals surface area contributed by atoms with E-state index < -0.39 is 5.60 Å². The summed E-state index contributed by atoms with van der Waals surface area (Å²) in [7, 11) is 3.25. The zero-order valence-electron chi connectivity index (χ0n) is 14.2. The summed E-state index contributed by atoms with van der Waals surface area (Å²) in [5, 5.41) is 11.1. The highest BCUT2D eigenvalue weighted by molar-refractivity contribution is 5.87. The molecule has 4 heteroatoms. The summed E-state index contributed by atoms with van der Waals surface area (Å²) in [5.41, 5.74) is -0.936. The van der Waals surface area contributed by atoms with E-state index in [1.165, 1.54) is 6.92 Å². The number of ketones is 1. The van der Waals surface area contributed by atoms with Gasteiger partial charge in [-0.25, -0.2) is 0 Å². The number of carbonyl (C=O) groups is 1. The first-order valence-electron chi connectivity index (χ1n) is 7.66. The SMILES string of the molecule is COC(C[C@@]1(C)CC[C@@](O)(C(C)C)[C@@H]1/C=C/C(C)=O)OC. The van der Waals surface area contributed by atoms with Crippen molar-refractivity contribution >= 4 is 5.78 Å². The van der Waals surface area contributed by atoms with Gasteiger partial charge in [0.15, 0.2) is 12.1 Å². The van der Waals surface area contributed by atoms with E-state index in [0.717, 1.165) is 12.8 Å². The fourth-order valence-electron chi connectivity index (χ4n) is 3.55. The van der Waals surface area contributed by atoms with Crippen LogP contribution in [0.5, 0.6) is 0 Å². The highest BCUT2D eigenvalue weighted by Crippen LogP contribution is 2.55. The standard InChI is InChI=1S/C17H30O4/c1-12(2)17(19)10-9-16(4,11-15(20-5)21-6)14(17)8-7-13(3)18/h7-8,12,14-15,19H,9-11H2,1-6H3/b8-7+/t14-,16-,17-/m1/s1. The quantitative estimate of drug-likeness (QED) is 0.580. The molecule has 0 radical (unpaired) electrons. The Hall–Kier alpha value is -0.710. The normalized spacial score (nSPS) is 33.5. The Balaban J connectivity index is 3.09. The molecular formula is C17H30O4. The maximum absolute atomic E-state index is 11.3. The van der Waals surface area contributed by atoms with Crippen LogP contribution >= 0.6 is 0 Å². The number of hydrogen-bond acceptors (Lipinski definition) is 4. The van der Waals surface area contributed by atoms with E-state index in [-0.39, 0.29) is 29.3 Å². The molecule has 0 heterocycles. The number of allylic oxidation sites excluding steroid dienone is 1. The molecule has 0 saturated heterocycles. The van der Waals surface area contributed by atoms with Gasteiger partial charge in [0.1, 0.15) is 0 Å². The van der Waals surface area contributed by atoms with Crippen LogP contribution in [-0.4, -0.2) is 37.0 Å². The molecule has 1 rings (SSSR count). The van der Waals surface area contributed by atoms with Crippen LogP contribution in [0, 0.1) is 17.3 Å². The van der Waals surface area contributed by atoms with E-state index in [1.807, 2.05) is 19.9 Å². The molecule has 0 aromatic heterocycles. The summed E-state index contributed by atoms with van der Waals surface area (Å²) in [6, 6.07) is 0. The summed E-state index contributed by atoms with van der Waals surface area (Å²) < 4.78 is 10.7. The molecule has 0 aromatic rings. The molecule has 1 fully saturated rings. The third-order valence-corrected chi connectivity index (χ3v) is 5.07. The predicted molar refractivity (Wildman–Crippen MR) is 82.9 cm³/mol. The molecule has 0 amide bonds. The van der Waals surface area contributed by atoms with Gasteiger partial charge >= 0.3 is 0 Å². The lowest BCUT2D eigenvalue weighted by Gasteiger charge is -2.40. The van der Waals surface area contributed by atoms with Gasteiger partial charge in [-0.1, -0.05) is 26.8 Å². The molecule has 0 aromatic carbocycles. The highest BCUT2D eigenvalue weighted by atomic mass is 16.7. The molecular weight excluding hydrogens is 268 g/mol. The van der Waals surface area contributed by atoms with E-state index in [0.29, 0.717) is 6.42 Å². The summed E-state index contributed by atoms with van der Waals surface area (Å²) >= 11 is 0. The molecule has 1 saturated carbocycles. The molecule has 0 spiro atoms. The van der Waals surface area contributed by atoms with Crippen LogP contribution in [0.4, 0.5) is 0 Å². The van der Waals surface area contributed by atoms with Crippen molar-refractivity contribution < 1.29 is 19.4 Å². The van der Waals surface area contributed by atoms with Crippen LogP contribution in [0.2, 0.25) is 0 Å². The molecule has 122 valence electrons. The van der Waals surface area contributed by atoms with E-state index in [9.17, 15) is 9.90 Å². The molecule has 1 N–H and O–H groups in total. The van der Waals surface area contributed by atoms with Crippen LogP contribution in [0.25, 0.3) is 0 Å². The summed E-state index contributed by atoms with van der Waals surface area (Å²) in [4.78, 5) is 11.3. The van der Waals surface area contributed by atoms with Gasteiger partial charge in [0.05, 0.1) is 5.60 Å². The summed E-state index contributed by atoms with van der Waals surface area (Å²) in [6.07, 6.45) is 5.49. The second-order valence-electron chi connectivity index (χ2n) is 6.85. The van der Waals surface area contributed by atoms with Crippen molar-refractivity contribution in [3.05, 3.63) is 12.2 Å². The van der Waals surface area contributed by atoms with Crippen molar-refractivity contribution in [2.24, 2.45) is 17.3 Å². The lowest BCUT2D eigenvalue weighted by Crippen LogP contribution is -2.43. The first-order valence-corrected chi connectivity index (χ1v) is 7.66. The molecule has 0 bridgehead atoms. The molecule has 1 aliphatic rings. The Bertz CT molecular complexity index is 386. The first-order chi connectivity index (χ1) is 9.69. The Morgan fingerprint density at radius 1 is 1.33 bits per heavy atom. The van der Waals surface area contributed by atoms with Crippen molar-refractivity contribution in [2.75, 3.05) is 14.2 Å². The summed E-state index contributed by atoms with van der Waals surface area (Å²) in [5.74, 6) is 0.0524. The highest BCUT2D eigenvalue weighted by Gasteiger charge is 2.54. The van der Waals surface area contributed by atoms with Crippen molar-refractivity contribution in [3.63, 3.8) is 0 Å². The minimum Gasteiger partial charge on any atom is -0.389 e. The largest absolute Gasteiger partial charge is 0.389 e. The molecule has 3 atom stereocenters. The number of methoxy groups -OCH3 is 2. The van der Waals surface area contributed by atoms with Crippen molar-refractivity contribution in [3.8, 4) is 0 Å². The van der Waals surface area contributed by atoms with Crippen LogP contribution in [0.15, 0.2) is 12.2 Å². The number of hydrogen-bond donors (Lipinski definition) is 1. The minimum absolute atomic E-state index is 0.00499. The predicted octanol–water partition coefficient (Wildman–Crippen LogP) is 2.94. The first kappa shape index (κ1) is 18.3. The monoisotopic (exact) mass is 298 g/mol. The van der Waals surface area contributed by atoms with Crippen LogP contribution in [-0.2, 0) is 14.3 Å².